The number of nitrogens with zero attached hydrogens (tertiary/aromatic N) is 3. The number of amides is 1. The van der Waals surface area contributed by atoms with Crippen LogP contribution in [0, 0.1) is 0 Å². The fourth-order valence-corrected chi connectivity index (χ4v) is 3.39. The van der Waals surface area contributed by atoms with Gasteiger partial charge >= 0.3 is 5.97 Å². The van der Waals surface area contributed by atoms with Crippen molar-refractivity contribution in [2.24, 2.45) is 0 Å². The third-order valence-electron chi connectivity index (χ3n) is 4.03. The standard InChI is InChI=1S/C18H20N4O3S/c1-3-8-26-18-20-15(19)13-9-14(23)22(16(13)21-18)10-11-4-6-12(7-5-11)17(24)25-2/h4-7H,3,8-10H2,1-2H3,(H2,19,20,21). The van der Waals surface area contributed by atoms with Gasteiger partial charge in [0.1, 0.15) is 11.6 Å². The van der Waals surface area contributed by atoms with E-state index in [-0.39, 0.29) is 12.3 Å². The maximum absolute atomic E-state index is 12.5. The van der Waals surface area contributed by atoms with Crippen molar-refractivity contribution in [3.05, 3.63) is 41.0 Å². The van der Waals surface area contributed by atoms with Gasteiger partial charge in [-0.1, -0.05) is 30.8 Å². The summed E-state index contributed by atoms with van der Waals surface area (Å²) in [5.41, 5.74) is 8.07. The first-order valence-electron chi connectivity index (χ1n) is 8.30. The van der Waals surface area contributed by atoms with Gasteiger partial charge in [0.2, 0.25) is 5.91 Å². The van der Waals surface area contributed by atoms with Crippen molar-refractivity contribution in [1.29, 1.82) is 0 Å². The normalized spacial score (nSPS) is 13.0. The lowest BCUT2D eigenvalue weighted by molar-refractivity contribution is -0.117. The molecule has 8 heteroatoms. The molecule has 0 aliphatic carbocycles. The number of aromatic nitrogens is 2. The smallest absolute Gasteiger partial charge is 0.337 e. The molecule has 7 nitrogen and oxygen atoms in total. The number of rotatable bonds is 6. The van der Waals surface area contributed by atoms with Crippen molar-refractivity contribution in [3.8, 4) is 0 Å². The highest BCUT2D eigenvalue weighted by molar-refractivity contribution is 7.99. The first kappa shape index (κ1) is 18.2. The lowest BCUT2D eigenvalue weighted by Gasteiger charge is -2.17. The molecule has 1 aromatic heterocycles. The number of methoxy groups -OCH3 is 1. The Bertz CT molecular complexity index is 839. The van der Waals surface area contributed by atoms with E-state index in [0.29, 0.717) is 34.5 Å². The Morgan fingerprint density at radius 2 is 2.04 bits per heavy atom. The lowest BCUT2D eigenvalue weighted by atomic mass is 10.1. The predicted octanol–water partition coefficient (Wildman–Crippen LogP) is 2.44. The van der Waals surface area contributed by atoms with Crippen molar-refractivity contribution in [2.45, 2.75) is 31.5 Å². The molecule has 0 radical (unpaired) electrons. The summed E-state index contributed by atoms with van der Waals surface area (Å²) in [4.78, 5) is 34.4. The van der Waals surface area contributed by atoms with Gasteiger partial charge in [0.25, 0.3) is 0 Å². The van der Waals surface area contributed by atoms with Gasteiger partial charge in [-0.25, -0.2) is 14.8 Å². The molecule has 1 aromatic carbocycles. The molecule has 3 rings (SSSR count). The molecule has 2 aromatic rings. The van der Waals surface area contributed by atoms with E-state index in [1.807, 2.05) is 0 Å². The van der Waals surface area contributed by atoms with Crippen molar-refractivity contribution in [3.63, 3.8) is 0 Å². The van der Waals surface area contributed by atoms with Crippen LogP contribution in [-0.4, -0.2) is 34.7 Å². The summed E-state index contributed by atoms with van der Waals surface area (Å²) >= 11 is 1.53. The second-order valence-corrected chi connectivity index (χ2v) is 6.95. The molecule has 0 saturated carbocycles. The highest BCUT2D eigenvalue weighted by Gasteiger charge is 2.32. The minimum atomic E-state index is -0.391. The minimum Gasteiger partial charge on any atom is -0.465 e. The first-order chi connectivity index (χ1) is 12.5. The third-order valence-corrected chi connectivity index (χ3v) is 5.09. The average molecular weight is 372 g/mol. The SMILES string of the molecule is CCCSc1nc(N)c2c(n1)N(Cc1ccc(C(=O)OC)cc1)C(=O)C2. The molecular weight excluding hydrogens is 352 g/mol. The van der Waals surface area contributed by atoms with Gasteiger partial charge in [0.05, 0.1) is 25.6 Å². The number of anilines is 2. The number of carbonyl (C=O) groups excluding carboxylic acids is 2. The van der Waals surface area contributed by atoms with E-state index >= 15 is 0 Å². The van der Waals surface area contributed by atoms with E-state index in [1.165, 1.54) is 18.9 Å². The highest BCUT2D eigenvalue weighted by Crippen LogP contribution is 2.33. The zero-order valence-electron chi connectivity index (χ0n) is 14.7. The number of nitrogens with two attached hydrogens (primary N) is 1. The number of esters is 1. The second-order valence-electron chi connectivity index (χ2n) is 5.89. The molecule has 0 fully saturated rings. The van der Waals surface area contributed by atoms with Crippen molar-refractivity contribution >= 4 is 35.3 Å². The number of fused-ring (bicyclic) bond motifs is 1. The predicted molar refractivity (Wildman–Crippen MR) is 100 cm³/mol. The highest BCUT2D eigenvalue weighted by atomic mass is 32.2. The molecule has 1 aliphatic rings. The molecule has 0 atom stereocenters. The molecule has 136 valence electrons. The Morgan fingerprint density at radius 3 is 2.69 bits per heavy atom. The summed E-state index contributed by atoms with van der Waals surface area (Å²) in [6.45, 7) is 2.44. The lowest BCUT2D eigenvalue weighted by Crippen LogP contribution is -2.26. The third kappa shape index (κ3) is 3.65. The van der Waals surface area contributed by atoms with Crippen LogP contribution in [-0.2, 0) is 22.5 Å². The van der Waals surface area contributed by atoms with Crippen LogP contribution in [0.1, 0.15) is 34.8 Å². The summed E-state index contributed by atoms with van der Waals surface area (Å²) in [5, 5.41) is 0.587. The van der Waals surface area contributed by atoms with E-state index in [9.17, 15) is 9.59 Å². The van der Waals surface area contributed by atoms with E-state index in [4.69, 9.17) is 10.5 Å². The Hall–Kier alpha value is -2.61. The van der Waals surface area contributed by atoms with E-state index in [1.54, 1.807) is 29.2 Å². The quantitative estimate of drug-likeness (QED) is 0.472. The fourth-order valence-electron chi connectivity index (χ4n) is 2.69. The zero-order chi connectivity index (χ0) is 18.7. The Kier molecular flexibility index (Phi) is 5.41. The summed E-state index contributed by atoms with van der Waals surface area (Å²) in [5.74, 6) is 1.39. The van der Waals surface area contributed by atoms with Gasteiger partial charge in [0.15, 0.2) is 5.16 Å². The van der Waals surface area contributed by atoms with Crippen LogP contribution in [0.4, 0.5) is 11.6 Å². The molecule has 0 saturated heterocycles. The van der Waals surface area contributed by atoms with Crippen LogP contribution in [0.5, 0.6) is 0 Å². The topological polar surface area (TPSA) is 98.4 Å². The molecule has 1 aliphatic heterocycles. The zero-order valence-corrected chi connectivity index (χ0v) is 15.5. The molecule has 0 spiro atoms. The Balaban J connectivity index is 1.84. The van der Waals surface area contributed by atoms with E-state index < -0.39 is 5.97 Å². The van der Waals surface area contributed by atoms with Crippen LogP contribution in [0.15, 0.2) is 29.4 Å². The maximum atomic E-state index is 12.5. The Morgan fingerprint density at radius 1 is 1.31 bits per heavy atom. The van der Waals surface area contributed by atoms with Crippen LogP contribution >= 0.6 is 11.8 Å². The van der Waals surface area contributed by atoms with Crippen LogP contribution in [0.2, 0.25) is 0 Å². The van der Waals surface area contributed by atoms with Crippen molar-refractivity contribution in [1.82, 2.24) is 9.97 Å². The van der Waals surface area contributed by atoms with Gasteiger partial charge in [-0.2, -0.15) is 0 Å². The number of nitrogen functional groups attached to an aromatic ring is 1. The summed E-state index contributed by atoms with van der Waals surface area (Å²) < 4.78 is 4.70. The van der Waals surface area contributed by atoms with E-state index in [0.717, 1.165) is 17.7 Å². The van der Waals surface area contributed by atoms with Gasteiger partial charge in [0, 0.05) is 11.3 Å². The molecule has 26 heavy (non-hydrogen) atoms. The Labute approximate surface area is 156 Å². The largest absolute Gasteiger partial charge is 0.465 e. The number of hydrogen-bond acceptors (Lipinski definition) is 7. The summed E-state index contributed by atoms with van der Waals surface area (Å²) in [6, 6.07) is 6.96. The van der Waals surface area contributed by atoms with Crippen LogP contribution in [0.25, 0.3) is 0 Å². The average Bonchev–Trinajstić information content (AvgIpc) is 2.96. The summed E-state index contributed by atoms with van der Waals surface area (Å²) in [6.07, 6.45) is 1.21. The molecule has 2 heterocycles. The number of carbonyl (C=O) groups is 2. The molecule has 2 N–H and O–H groups in total. The molecular formula is C18H20N4O3S. The van der Waals surface area contributed by atoms with Gasteiger partial charge < -0.3 is 10.5 Å². The summed E-state index contributed by atoms with van der Waals surface area (Å²) in [7, 11) is 1.34. The van der Waals surface area contributed by atoms with Gasteiger partial charge in [-0.15, -0.1) is 0 Å². The number of ether oxygens (including phenoxy) is 1. The van der Waals surface area contributed by atoms with Crippen molar-refractivity contribution < 1.29 is 14.3 Å². The first-order valence-corrected chi connectivity index (χ1v) is 9.28. The van der Waals surface area contributed by atoms with Crippen LogP contribution < -0.4 is 10.6 Å². The molecule has 0 bridgehead atoms. The molecule has 1 amide bonds. The van der Waals surface area contributed by atoms with Crippen molar-refractivity contribution in [2.75, 3.05) is 23.5 Å². The minimum absolute atomic E-state index is 0.0596. The second kappa shape index (κ2) is 7.74. The number of thioether (sulfide) groups is 1. The maximum Gasteiger partial charge on any atom is 0.337 e. The van der Waals surface area contributed by atoms with Crippen LogP contribution in [0.3, 0.4) is 0 Å². The number of benzene rings is 1. The van der Waals surface area contributed by atoms with Gasteiger partial charge in [-0.05, 0) is 24.1 Å². The fraction of sp³-hybridized carbons (Fsp3) is 0.333. The van der Waals surface area contributed by atoms with Gasteiger partial charge in [-0.3, -0.25) is 9.69 Å². The van der Waals surface area contributed by atoms with E-state index in [2.05, 4.69) is 16.9 Å². The monoisotopic (exact) mass is 372 g/mol. The molecule has 0 unspecified atom stereocenters. The number of hydrogen-bond donors (Lipinski definition) is 1.